The highest BCUT2D eigenvalue weighted by molar-refractivity contribution is 5.39. The van der Waals surface area contributed by atoms with Gasteiger partial charge in [0.2, 0.25) is 0 Å². The van der Waals surface area contributed by atoms with Crippen molar-refractivity contribution in [2.24, 2.45) is 0 Å². The van der Waals surface area contributed by atoms with Crippen molar-refractivity contribution in [3.05, 3.63) is 29.3 Å². The number of aliphatic hydroxyl groups is 1. The molecule has 0 fully saturated rings. The van der Waals surface area contributed by atoms with Crippen LogP contribution in [-0.2, 0) is 0 Å². The number of aliphatic hydroxyl groups excluding tert-OH is 1. The molecule has 1 atom stereocenters. The maximum Gasteiger partial charge on any atom is 0.125 e. The van der Waals surface area contributed by atoms with Crippen LogP contribution in [-0.4, -0.2) is 30.9 Å². The van der Waals surface area contributed by atoms with Crippen molar-refractivity contribution in [3.63, 3.8) is 0 Å². The summed E-state index contributed by atoms with van der Waals surface area (Å²) in [4.78, 5) is 0. The van der Waals surface area contributed by atoms with Crippen molar-refractivity contribution in [2.45, 2.75) is 33.2 Å². The minimum absolute atomic E-state index is 0.162. The van der Waals surface area contributed by atoms with E-state index in [2.05, 4.69) is 31.3 Å². The summed E-state index contributed by atoms with van der Waals surface area (Å²) in [5, 5.41) is 12.1. The minimum Gasteiger partial charge on any atom is -0.493 e. The Hall–Kier alpha value is -1.06. The first kappa shape index (κ1) is 14.0. The van der Waals surface area contributed by atoms with E-state index in [1.165, 1.54) is 11.1 Å². The molecule has 3 heteroatoms. The molecule has 0 heterocycles. The summed E-state index contributed by atoms with van der Waals surface area (Å²) >= 11 is 0. The fraction of sp³-hybridized carbons (Fsp3) is 0.571. The van der Waals surface area contributed by atoms with Crippen molar-refractivity contribution in [2.75, 3.05) is 19.8 Å². The van der Waals surface area contributed by atoms with E-state index >= 15 is 0 Å². The van der Waals surface area contributed by atoms with E-state index in [4.69, 9.17) is 9.84 Å². The molecule has 1 unspecified atom stereocenters. The maximum absolute atomic E-state index is 8.85. The average molecular weight is 237 g/mol. The number of hydrogen-bond acceptors (Lipinski definition) is 3. The molecule has 0 amide bonds. The van der Waals surface area contributed by atoms with Gasteiger partial charge in [-0.3, -0.25) is 0 Å². The zero-order valence-electron chi connectivity index (χ0n) is 11.0. The third-order valence-corrected chi connectivity index (χ3v) is 2.74. The highest BCUT2D eigenvalue weighted by atomic mass is 16.5. The van der Waals surface area contributed by atoms with Crippen molar-refractivity contribution in [1.29, 1.82) is 0 Å². The summed E-state index contributed by atoms with van der Waals surface area (Å²) in [5.41, 5.74) is 2.36. The second kappa shape index (κ2) is 7.30. The molecule has 17 heavy (non-hydrogen) atoms. The number of ether oxygens (including phenoxy) is 1. The quantitative estimate of drug-likeness (QED) is 0.713. The number of hydrogen-bond donors (Lipinski definition) is 2. The van der Waals surface area contributed by atoms with Crippen LogP contribution in [0.15, 0.2) is 18.2 Å². The highest BCUT2D eigenvalue weighted by Crippen LogP contribution is 2.22. The normalized spacial score (nSPS) is 12.5. The van der Waals surface area contributed by atoms with Crippen LogP contribution in [0, 0.1) is 13.8 Å². The first-order valence-electron chi connectivity index (χ1n) is 6.18. The summed E-state index contributed by atoms with van der Waals surface area (Å²) in [5.74, 6) is 1.00. The molecule has 0 aromatic heterocycles. The Labute approximate surface area is 104 Å². The SMILES string of the molecule is Cc1cccc(C)c1OCCCNC(C)CO. The van der Waals surface area contributed by atoms with Gasteiger partial charge in [0.25, 0.3) is 0 Å². The van der Waals surface area contributed by atoms with Gasteiger partial charge in [-0.1, -0.05) is 18.2 Å². The van der Waals surface area contributed by atoms with Gasteiger partial charge in [0.1, 0.15) is 5.75 Å². The molecule has 0 aliphatic carbocycles. The van der Waals surface area contributed by atoms with Gasteiger partial charge >= 0.3 is 0 Å². The molecule has 2 N–H and O–H groups in total. The van der Waals surface area contributed by atoms with E-state index < -0.39 is 0 Å². The van der Waals surface area contributed by atoms with Crippen LogP contribution in [0.2, 0.25) is 0 Å². The smallest absolute Gasteiger partial charge is 0.125 e. The largest absolute Gasteiger partial charge is 0.493 e. The van der Waals surface area contributed by atoms with Gasteiger partial charge in [0.05, 0.1) is 13.2 Å². The van der Waals surface area contributed by atoms with Crippen molar-refractivity contribution in [3.8, 4) is 5.75 Å². The van der Waals surface area contributed by atoms with Gasteiger partial charge < -0.3 is 15.2 Å². The van der Waals surface area contributed by atoms with Crippen LogP contribution in [0.1, 0.15) is 24.5 Å². The number of para-hydroxylation sites is 1. The molecule has 1 rings (SSSR count). The van der Waals surface area contributed by atoms with E-state index in [1.54, 1.807) is 0 Å². The fourth-order valence-corrected chi connectivity index (χ4v) is 1.69. The summed E-state index contributed by atoms with van der Waals surface area (Å²) < 4.78 is 5.78. The number of rotatable bonds is 7. The Balaban J connectivity index is 2.27. The molecule has 0 aliphatic rings. The Morgan fingerprint density at radius 1 is 1.29 bits per heavy atom. The first-order valence-corrected chi connectivity index (χ1v) is 6.18. The zero-order chi connectivity index (χ0) is 12.7. The van der Waals surface area contributed by atoms with Gasteiger partial charge in [-0.05, 0) is 44.9 Å². The minimum atomic E-state index is 0.162. The Bertz CT molecular complexity index is 319. The molecule has 96 valence electrons. The Kier molecular flexibility index (Phi) is 6.01. The standard InChI is InChI=1S/C14H23NO2/c1-11-6-4-7-12(2)14(11)17-9-5-8-15-13(3)10-16/h4,6-7,13,15-16H,5,8-10H2,1-3H3. The lowest BCUT2D eigenvalue weighted by Gasteiger charge is -2.13. The number of nitrogens with one attached hydrogen (secondary N) is 1. The van der Waals surface area contributed by atoms with Gasteiger partial charge in [0.15, 0.2) is 0 Å². The van der Waals surface area contributed by atoms with Gasteiger partial charge in [-0.2, -0.15) is 0 Å². The van der Waals surface area contributed by atoms with E-state index in [9.17, 15) is 0 Å². The molecule has 0 aliphatic heterocycles. The van der Waals surface area contributed by atoms with Crippen molar-refractivity contribution >= 4 is 0 Å². The lowest BCUT2D eigenvalue weighted by atomic mass is 10.1. The van der Waals surface area contributed by atoms with Crippen molar-refractivity contribution in [1.82, 2.24) is 5.32 Å². The predicted molar refractivity (Wildman–Crippen MR) is 70.6 cm³/mol. The second-order valence-electron chi connectivity index (χ2n) is 4.46. The zero-order valence-corrected chi connectivity index (χ0v) is 11.0. The third-order valence-electron chi connectivity index (χ3n) is 2.74. The Morgan fingerprint density at radius 2 is 1.94 bits per heavy atom. The average Bonchev–Trinajstić information content (AvgIpc) is 2.31. The second-order valence-corrected chi connectivity index (χ2v) is 4.46. The van der Waals surface area contributed by atoms with Gasteiger partial charge in [0, 0.05) is 6.04 Å². The van der Waals surface area contributed by atoms with E-state index in [0.717, 1.165) is 18.7 Å². The first-order chi connectivity index (χ1) is 8.15. The van der Waals surface area contributed by atoms with Crippen LogP contribution in [0.4, 0.5) is 0 Å². The van der Waals surface area contributed by atoms with Crippen LogP contribution in [0.5, 0.6) is 5.75 Å². The lowest BCUT2D eigenvalue weighted by molar-refractivity contribution is 0.245. The molecule has 0 radical (unpaired) electrons. The molecule has 0 saturated carbocycles. The third kappa shape index (κ3) is 4.75. The molecule has 0 bridgehead atoms. The van der Waals surface area contributed by atoms with Crippen molar-refractivity contribution < 1.29 is 9.84 Å². The van der Waals surface area contributed by atoms with Crippen LogP contribution < -0.4 is 10.1 Å². The van der Waals surface area contributed by atoms with E-state index in [0.29, 0.717) is 6.61 Å². The summed E-state index contributed by atoms with van der Waals surface area (Å²) in [7, 11) is 0. The molecular formula is C14H23NO2. The van der Waals surface area contributed by atoms with Crippen LogP contribution in [0.3, 0.4) is 0 Å². The predicted octanol–water partition coefficient (Wildman–Crippen LogP) is 2.04. The van der Waals surface area contributed by atoms with Crippen LogP contribution >= 0.6 is 0 Å². The molecule has 0 saturated heterocycles. The monoisotopic (exact) mass is 237 g/mol. The van der Waals surface area contributed by atoms with E-state index in [-0.39, 0.29) is 12.6 Å². The molecule has 1 aromatic carbocycles. The van der Waals surface area contributed by atoms with E-state index in [1.807, 2.05) is 13.0 Å². The molecular weight excluding hydrogens is 214 g/mol. The lowest BCUT2D eigenvalue weighted by Crippen LogP contribution is -2.30. The molecule has 0 spiro atoms. The molecule has 3 nitrogen and oxygen atoms in total. The summed E-state index contributed by atoms with van der Waals surface area (Å²) in [6, 6.07) is 6.33. The number of benzene rings is 1. The summed E-state index contributed by atoms with van der Waals surface area (Å²) in [6.45, 7) is 7.84. The Morgan fingerprint density at radius 3 is 2.53 bits per heavy atom. The van der Waals surface area contributed by atoms with Gasteiger partial charge in [-0.25, -0.2) is 0 Å². The maximum atomic E-state index is 8.85. The van der Waals surface area contributed by atoms with Gasteiger partial charge in [-0.15, -0.1) is 0 Å². The molecule has 1 aromatic rings. The fourth-order valence-electron chi connectivity index (χ4n) is 1.69. The summed E-state index contributed by atoms with van der Waals surface area (Å²) in [6.07, 6.45) is 0.943. The van der Waals surface area contributed by atoms with Crippen LogP contribution in [0.25, 0.3) is 0 Å². The number of aryl methyl sites for hydroxylation is 2. The topological polar surface area (TPSA) is 41.5 Å². The highest BCUT2D eigenvalue weighted by Gasteiger charge is 2.03.